The van der Waals surface area contributed by atoms with Gasteiger partial charge in [0.2, 0.25) is 0 Å². The summed E-state index contributed by atoms with van der Waals surface area (Å²) >= 11 is 0. The zero-order valence-electron chi connectivity index (χ0n) is 16.1. The van der Waals surface area contributed by atoms with Crippen LogP contribution < -0.4 is 19.5 Å². The number of aliphatic carboxylic acids is 1. The van der Waals surface area contributed by atoms with Crippen molar-refractivity contribution in [2.24, 2.45) is 0 Å². The van der Waals surface area contributed by atoms with E-state index in [1.165, 1.54) is 4.90 Å². The van der Waals surface area contributed by atoms with Crippen LogP contribution in [0, 0.1) is 0 Å². The van der Waals surface area contributed by atoms with Crippen LogP contribution in [0.3, 0.4) is 0 Å². The van der Waals surface area contributed by atoms with Gasteiger partial charge < -0.3 is 29.5 Å². The molecule has 0 heterocycles. The van der Waals surface area contributed by atoms with Crippen LogP contribution >= 0.6 is 0 Å². The van der Waals surface area contributed by atoms with Gasteiger partial charge in [0, 0.05) is 38.3 Å². The summed E-state index contributed by atoms with van der Waals surface area (Å²) in [7, 11) is 4.69. The number of urea groups is 1. The standard InChI is InChI=1S/C20H24N2O6/c1-22(9-8-19(23)24)20(25)21-13-14-4-6-15(7-5-14)28-18-11-16(26-2)10-17(12-18)27-3/h4-7,10-12H,8-9,13H2,1-3H3,(H,21,25)(H,23,24). The Bertz CT molecular complexity index is 785. The summed E-state index contributed by atoms with van der Waals surface area (Å²) in [6.45, 7) is 0.474. The lowest BCUT2D eigenvalue weighted by atomic mass is 10.2. The maximum Gasteiger partial charge on any atom is 0.317 e. The van der Waals surface area contributed by atoms with E-state index in [-0.39, 0.29) is 19.0 Å². The molecule has 2 aromatic carbocycles. The van der Waals surface area contributed by atoms with Gasteiger partial charge in [-0.1, -0.05) is 12.1 Å². The van der Waals surface area contributed by atoms with Crippen LogP contribution in [0.1, 0.15) is 12.0 Å². The minimum Gasteiger partial charge on any atom is -0.496 e. The van der Waals surface area contributed by atoms with Gasteiger partial charge in [-0.3, -0.25) is 4.79 Å². The summed E-state index contributed by atoms with van der Waals surface area (Å²) in [6.07, 6.45) is -0.0922. The number of carbonyl (C=O) groups excluding carboxylic acids is 1. The number of nitrogens with zero attached hydrogens (tertiary/aromatic N) is 1. The second kappa shape index (κ2) is 10.1. The highest BCUT2D eigenvalue weighted by molar-refractivity contribution is 5.75. The molecule has 0 atom stereocenters. The number of carboxylic acids is 1. The fraction of sp³-hybridized carbons (Fsp3) is 0.300. The summed E-state index contributed by atoms with van der Waals surface area (Å²) < 4.78 is 16.3. The Kier molecular flexibility index (Phi) is 7.50. The summed E-state index contributed by atoms with van der Waals surface area (Å²) in [5.41, 5.74) is 0.885. The lowest BCUT2D eigenvalue weighted by molar-refractivity contribution is -0.137. The Morgan fingerprint density at radius 2 is 1.54 bits per heavy atom. The topological polar surface area (TPSA) is 97.3 Å². The van der Waals surface area contributed by atoms with Gasteiger partial charge in [-0.2, -0.15) is 0 Å². The second-order valence-electron chi connectivity index (χ2n) is 6.02. The molecule has 0 aliphatic heterocycles. The average Bonchev–Trinajstić information content (AvgIpc) is 2.70. The van der Waals surface area contributed by atoms with E-state index in [4.69, 9.17) is 19.3 Å². The molecule has 0 bridgehead atoms. The molecule has 2 rings (SSSR count). The van der Waals surface area contributed by atoms with Crippen molar-refractivity contribution in [2.45, 2.75) is 13.0 Å². The van der Waals surface area contributed by atoms with Crippen LogP contribution in [0.2, 0.25) is 0 Å². The van der Waals surface area contributed by atoms with E-state index in [2.05, 4.69) is 5.32 Å². The van der Waals surface area contributed by atoms with Gasteiger partial charge in [0.15, 0.2) is 0 Å². The molecule has 0 saturated heterocycles. The first-order valence-corrected chi connectivity index (χ1v) is 8.62. The Morgan fingerprint density at radius 1 is 0.964 bits per heavy atom. The van der Waals surface area contributed by atoms with E-state index in [9.17, 15) is 9.59 Å². The number of benzene rings is 2. The van der Waals surface area contributed by atoms with Crippen molar-refractivity contribution >= 4 is 12.0 Å². The molecule has 8 heteroatoms. The molecule has 0 spiro atoms. The minimum absolute atomic E-state index is 0.0922. The van der Waals surface area contributed by atoms with Crippen LogP contribution in [0.15, 0.2) is 42.5 Å². The van der Waals surface area contributed by atoms with Gasteiger partial charge in [-0.05, 0) is 17.7 Å². The molecule has 0 saturated carbocycles. The first-order chi connectivity index (χ1) is 13.4. The zero-order valence-corrected chi connectivity index (χ0v) is 16.1. The van der Waals surface area contributed by atoms with Crippen molar-refractivity contribution < 1.29 is 28.9 Å². The summed E-state index contributed by atoms with van der Waals surface area (Å²) in [5, 5.41) is 11.4. The van der Waals surface area contributed by atoms with Crippen molar-refractivity contribution in [2.75, 3.05) is 27.8 Å². The predicted octanol–water partition coefficient (Wildman–Crippen LogP) is 3.11. The normalized spacial score (nSPS) is 10.1. The third-order valence-electron chi connectivity index (χ3n) is 3.94. The summed E-state index contributed by atoms with van der Waals surface area (Å²) in [5.74, 6) is 1.52. The average molecular weight is 388 g/mol. The third-order valence-corrected chi connectivity index (χ3v) is 3.94. The Morgan fingerprint density at radius 3 is 2.07 bits per heavy atom. The van der Waals surface area contributed by atoms with E-state index >= 15 is 0 Å². The maximum absolute atomic E-state index is 11.9. The fourth-order valence-corrected chi connectivity index (χ4v) is 2.33. The van der Waals surface area contributed by atoms with Crippen molar-refractivity contribution in [3.63, 3.8) is 0 Å². The van der Waals surface area contributed by atoms with E-state index in [0.29, 0.717) is 29.5 Å². The molecule has 2 aromatic rings. The van der Waals surface area contributed by atoms with Gasteiger partial charge in [0.05, 0.1) is 20.6 Å². The van der Waals surface area contributed by atoms with Crippen LogP contribution in [0.4, 0.5) is 4.79 Å². The second-order valence-corrected chi connectivity index (χ2v) is 6.02. The van der Waals surface area contributed by atoms with Gasteiger partial charge in [-0.15, -0.1) is 0 Å². The van der Waals surface area contributed by atoms with Gasteiger partial charge in [-0.25, -0.2) is 4.79 Å². The summed E-state index contributed by atoms with van der Waals surface area (Å²) in [6, 6.07) is 12.2. The molecule has 0 aliphatic rings. The number of carbonyl (C=O) groups is 2. The number of hydrogen-bond donors (Lipinski definition) is 2. The molecule has 0 aliphatic carbocycles. The molecule has 0 unspecified atom stereocenters. The lowest BCUT2D eigenvalue weighted by Gasteiger charge is -2.17. The zero-order chi connectivity index (χ0) is 20.5. The molecule has 8 nitrogen and oxygen atoms in total. The van der Waals surface area contributed by atoms with Crippen LogP contribution in [-0.2, 0) is 11.3 Å². The fourth-order valence-electron chi connectivity index (χ4n) is 2.33. The molecule has 150 valence electrons. The highest BCUT2D eigenvalue weighted by Gasteiger charge is 2.10. The lowest BCUT2D eigenvalue weighted by Crippen LogP contribution is -2.37. The number of nitrogens with one attached hydrogen (secondary N) is 1. The number of hydrogen-bond acceptors (Lipinski definition) is 5. The summed E-state index contributed by atoms with van der Waals surface area (Å²) in [4.78, 5) is 23.8. The Balaban J connectivity index is 1.91. The van der Waals surface area contributed by atoms with E-state index < -0.39 is 5.97 Å². The van der Waals surface area contributed by atoms with E-state index in [1.54, 1.807) is 51.6 Å². The van der Waals surface area contributed by atoms with Crippen LogP contribution in [0.25, 0.3) is 0 Å². The van der Waals surface area contributed by atoms with Crippen LogP contribution in [-0.4, -0.2) is 49.8 Å². The molecule has 2 amide bonds. The van der Waals surface area contributed by atoms with Gasteiger partial charge in [0.25, 0.3) is 0 Å². The number of carboxylic acid groups (broad SMARTS) is 1. The predicted molar refractivity (Wildman–Crippen MR) is 103 cm³/mol. The molecule has 0 aromatic heterocycles. The first kappa shape index (κ1) is 20.9. The van der Waals surface area contributed by atoms with Gasteiger partial charge >= 0.3 is 12.0 Å². The highest BCUT2D eigenvalue weighted by atomic mass is 16.5. The molecular formula is C20H24N2O6. The quantitative estimate of drug-likeness (QED) is 0.685. The van der Waals surface area contributed by atoms with Gasteiger partial charge in [0.1, 0.15) is 23.0 Å². The van der Waals surface area contributed by atoms with Crippen LogP contribution in [0.5, 0.6) is 23.0 Å². The van der Waals surface area contributed by atoms with Crippen molar-refractivity contribution in [1.29, 1.82) is 0 Å². The Labute approximate surface area is 163 Å². The molecule has 2 N–H and O–H groups in total. The smallest absolute Gasteiger partial charge is 0.317 e. The van der Waals surface area contributed by atoms with Crippen molar-refractivity contribution in [3.05, 3.63) is 48.0 Å². The van der Waals surface area contributed by atoms with E-state index in [0.717, 1.165) is 5.56 Å². The highest BCUT2D eigenvalue weighted by Crippen LogP contribution is 2.30. The SMILES string of the molecule is COc1cc(OC)cc(Oc2ccc(CNC(=O)N(C)CCC(=O)O)cc2)c1. The molecule has 0 radical (unpaired) electrons. The number of methoxy groups -OCH3 is 2. The monoisotopic (exact) mass is 388 g/mol. The number of rotatable bonds is 9. The van der Waals surface area contributed by atoms with Crippen molar-refractivity contribution in [3.8, 4) is 23.0 Å². The van der Waals surface area contributed by atoms with Crippen molar-refractivity contribution in [1.82, 2.24) is 10.2 Å². The molecule has 0 fully saturated rings. The number of ether oxygens (including phenoxy) is 3. The molecule has 28 heavy (non-hydrogen) atoms. The Hall–Kier alpha value is -3.42. The number of amides is 2. The molecular weight excluding hydrogens is 364 g/mol. The maximum atomic E-state index is 11.9. The first-order valence-electron chi connectivity index (χ1n) is 8.62. The van der Waals surface area contributed by atoms with E-state index in [1.807, 2.05) is 12.1 Å². The minimum atomic E-state index is -0.941. The largest absolute Gasteiger partial charge is 0.496 e. The third kappa shape index (κ3) is 6.39.